The minimum Gasteiger partial charge on any atom is -0.336 e. The second kappa shape index (κ2) is 9.19. The Kier molecular flexibility index (Phi) is 6.68. The third-order valence-electron chi connectivity index (χ3n) is 5.06. The maximum Gasteiger partial charge on any atom is 0.321 e. The number of hydrogen-bond acceptors (Lipinski definition) is 4. The lowest BCUT2D eigenvalue weighted by molar-refractivity contribution is -0.121. The van der Waals surface area contributed by atoms with Crippen molar-refractivity contribution in [3.63, 3.8) is 0 Å². The molecule has 1 saturated heterocycles. The molecule has 7 nitrogen and oxygen atoms in total. The molecule has 0 spiro atoms. The van der Waals surface area contributed by atoms with Gasteiger partial charge in [-0.1, -0.05) is 24.4 Å². The minimum atomic E-state index is -0.413. The maximum absolute atomic E-state index is 12.5. The summed E-state index contributed by atoms with van der Waals surface area (Å²) in [6.07, 6.45) is 4.20. The van der Waals surface area contributed by atoms with Crippen molar-refractivity contribution in [3.8, 4) is 0 Å². The third kappa shape index (κ3) is 5.68. The maximum atomic E-state index is 12.5. The first-order valence-electron chi connectivity index (χ1n) is 9.39. The summed E-state index contributed by atoms with van der Waals surface area (Å²) in [6.45, 7) is 2.43. The number of imide groups is 1. The van der Waals surface area contributed by atoms with Crippen LogP contribution in [-0.4, -0.2) is 66.4 Å². The lowest BCUT2D eigenvalue weighted by Gasteiger charge is -2.34. The smallest absolute Gasteiger partial charge is 0.321 e. The van der Waals surface area contributed by atoms with Gasteiger partial charge in [0.25, 0.3) is 5.91 Å². The van der Waals surface area contributed by atoms with E-state index in [1.54, 1.807) is 29.2 Å². The van der Waals surface area contributed by atoms with Gasteiger partial charge in [-0.2, -0.15) is 0 Å². The molecular weight excluding hydrogens is 368 g/mol. The van der Waals surface area contributed by atoms with E-state index in [-0.39, 0.29) is 24.4 Å². The van der Waals surface area contributed by atoms with Crippen molar-refractivity contribution in [1.29, 1.82) is 0 Å². The number of piperazine rings is 1. The highest BCUT2D eigenvalue weighted by molar-refractivity contribution is 6.30. The lowest BCUT2D eigenvalue weighted by atomic mass is 10.2. The largest absolute Gasteiger partial charge is 0.336 e. The van der Waals surface area contributed by atoms with E-state index in [0.717, 1.165) is 25.7 Å². The number of nitrogens with zero attached hydrogens (tertiary/aromatic N) is 2. The Bertz CT molecular complexity index is 681. The van der Waals surface area contributed by atoms with Gasteiger partial charge in [-0.15, -0.1) is 0 Å². The second-order valence-electron chi connectivity index (χ2n) is 7.08. The monoisotopic (exact) mass is 392 g/mol. The molecule has 0 aromatic heterocycles. The Balaban J connectivity index is 1.39. The summed E-state index contributed by atoms with van der Waals surface area (Å²) in [5.74, 6) is -0.352. The van der Waals surface area contributed by atoms with Crippen LogP contribution in [0.4, 0.5) is 4.79 Å². The molecule has 0 atom stereocenters. The standard InChI is InChI=1S/C19H25ClN4O3/c20-15-7-5-14(6-8-15)18(26)24-11-9-23(10-12-24)13-17(25)22-19(27)21-16-3-1-2-4-16/h5-8,16H,1-4,9-13H2,(H2,21,22,25,27). The Morgan fingerprint density at radius 1 is 1.00 bits per heavy atom. The molecule has 0 unspecified atom stereocenters. The van der Waals surface area contributed by atoms with Gasteiger partial charge < -0.3 is 10.2 Å². The molecule has 2 fully saturated rings. The van der Waals surface area contributed by atoms with E-state index < -0.39 is 6.03 Å². The van der Waals surface area contributed by atoms with E-state index >= 15 is 0 Å². The van der Waals surface area contributed by atoms with Crippen LogP contribution in [0.2, 0.25) is 5.02 Å². The van der Waals surface area contributed by atoms with Crippen molar-refractivity contribution in [2.75, 3.05) is 32.7 Å². The van der Waals surface area contributed by atoms with Gasteiger partial charge in [0.1, 0.15) is 0 Å². The van der Waals surface area contributed by atoms with E-state index in [1.165, 1.54) is 0 Å². The number of halogens is 1. The summed E-state index contributed by atoms with van der Waals surface area (Å²) < 4.78 is 0. The molecule has 0 bridgehead atoms. The van der Waals surface area contributed by atoms with Crippen LogP contribution in [0.25, 0.3) is 0 Å². The van der Waals surface area contributed by atoms with Gasteiger partial charge in [0.2, 0.25) is 5.91 Å². The highest BCUT2D eigenvalue weighted by Crippen LogP contribution is 2.17. The highest BCUT2D eigenvalue weighted by Gasteiger charge is 2.24. The first kappa shape index (κ1) is 19.6. The summed E-state index contributed by atoms with van der Waals surface area (Å²) in [5, 5.41) is 5.83. The summed E-state index contributed by atoms with van der Waals surface area (Å²) in [7, 11) is 0. The van der Waals surface area contributed by atoms with Crippen molar-refractivity contribution < 1.29 is 14.4 Å². The Morgan fingerprint density at radius 3 is 2.26 bits per heavy atom. The van der Waals surface area contributed by atoms with Gasteiger partial charge in [0.05, 0.1) is 6.54 Å². The number of urea groups is 1. The van der Waals surface area contributed by atoms with Gasteiger partial charge in [0, 0.05) is 42.8 Å². The van der Waals surface area contributed by atoms with Crippen molar-refractivity contribution in [2.45, 2.75) is 31.7 Å². The molecule has 146 valence electrons. The zero-order valence-electron chi connectivity index (χ0n) is 15.2. The van der Waals surface area contributed by atoms with Gasteiger partial charge >= 0.3 is 6.03 Å². The molecule has 1 saturated carbocycles. The average molecular weight is 393 g/mol. The van der Waals surface area contributed by atoms with E-state index in [1.807, 2.05) is 4.90 Å². The second-order valence-corrected chi connectivity index (χ2v) is 7.51. The minimum absolute atomic E-state index is 0.0355. The molecule has 4 amide bonds. The number of carbonyl (C=O) groups is 3. The predicted octanol–water partition coefficient (Wildman–Crippen LogP) is 1.87. The molecule has 1 aromatic rings. The van der Waals surface area contributed by atoms with Gasteiger partial charge in [-0.3, -0.25) is 19.8 Å². The lowest BCUT2D eigenvalue weighted by Crippen LogP contribution is -2.52. The zero-order chi connectivity index (χ0) is 19.2. The molecule has 1 aliphatic heterocycles. The summed E-state index contributed by atoms with van der Waals surface area (Å²) >= 11 is 5.86. The molecular formula is C19H25ClN4O3. The van der Waals surface area contributed by atoms with E-state index in [2.05, 4.69) is 10.6 Å². The average Bonchev–Trinajstić information content (AvgIpc) is 3.15. The van der Waals surface area contributed by atoms with E-state index in [9.17, 15) is 14.4 Å². The fourth-order valence-corrected chi connectivity index (χ4v) is 3.67. The molecule has 0 radical (unpaired) electrons. The van der Waals surface area contributed by atoms with E-state index in [0.29, 0.717) is 36.8 Å². The van der Waals surface area contributed by atoms with Crippen LogP contribution in [0.1, 0.15) is 36.0 Å². The van der Waals surface area contributed by atoms with Crippen LogP contribution in [0.15, 0.2) is 24.3 Å². The zero-order valence-corrected chi connectivity index (χ0v) is 16.0. The van der Waals surface area contributed by atoms with Crippen LogP contribution in [0, 0.1) is 0 Å². The number of nitrogens with one attached hydrogen (secondary N) is 2. The Labute approximate surface area is 164 Å². The fraction of sp³-hybridized carbons (Fsp3) is 0.526. The number of carbonyl (C=O) groups excluding carboxylic acids is 3. The molecule has 2 N–H and O–H groups in total. The number of hydrogen-bond donors (Lipinski definition) is 2. The highest BCUT2D eigenvalue weighted by atomic mass is 35.5. The molecule has 1 heterocycles. The fourth-order valence-electron chi connectivity index (χ4n) is 3.54. The SMILES string of the molecule is O=C(CN1CCN(C(=O)c2ccc(Cl)cc2)CC1)NC(=O)NC1CCCC1. The number of benzene rings is 1. The number of rotatable bonds is 4. The Morgan fingerprint density at radius 2 is 1.63 bits per heavy atom. The van der Waals surface area contributed by atoms with Crippen molar-refractivity contribution in [1.82, 2.24) is 20.4 Å². The first-order valence-corrected chi connectivity index (χ1v) is 9.76. The summed E-state index contributed by atoms with van der Waals surface area (Å²) in [4.78, 5) is 40.1. The topological polar surface area (TPSA) is 81.8 Å². The number of amides is 4. The molecule has 1 aromatic carbocycles. The van der Waals surface area contributed by atoms with Gasteiger partial charge in [-0.05, 0) is 37.1 Å². The van der Waals surface area contributed by atoms with Crippen molar-refractivity contribution in [2.24, 2.45) is 0 Å². The van der Waals surface area contributed by atoms with Crippen LogP contribution in [0.3, 0.4) is 0 Å². The summed E-state index contributed by atoms with van der Waals surface area (Å²) in [6, 6.07) is 6.60. The van der Waals surface area contributed by atoms with Gasteiger partial charge in [0.15, 0.2) is 0 Å². The molecule has 1 aliphatic carbocycles. The summed E-state index contributed by atoms with van der Waals surface area (Å²) in [5.41, 5.74) is 0.606. The molecule has 2 aliphatic rings. The van der Waals surface area contributed by atoms with Gasteiger partial charge in [-0.25, -0.2) is 4.79 Å². The van der Waals surface area contributed by atoms with Crippen LogP contribution < -0.4 is 10.6 Å². The van der Waals surface area contributed by atoms with Crippen molar-refractivity contribution >= 4 is 29.4 Å². The van der Waals surface area contributed by atoms with Crippen LogP contribution in [0.5, 0.6) is 0 Å². The Hall–Kier alpha value is -2.12. The molecule has 8 heteroatoms. The van der Waals surface area contributed by atoms with Crippen molar-refractivity contribution in [3.05, 3.63) is 34.9 Å². The van der Waals surface area contributed by atoms with Crippen LogP contribution in [-0.2, 0) is 4.79 Å². The van der Waals surface area contributed by atoms with Crippen LogP contribution >= 0.6 is 11.6 Å². The van der Waals surface area contributed by atoms with E-state index in [4.69, 9.17) is 11.6 Å². The normalized spacial score (nSPS) is 18.3. The first-order chi connectivity index (χ1) is 13.0. The molecule has 27 heavy (non-hydrogen) atoms. The third-order valence-corrected chi connectivity index (χ3v) is 5.31. The quantitative estimate of drug-likeness (QED) is 0.819. The predicted molar refractivity (Wildman–Crippen MR) is 103 cm³/mol. The molecule has 3 rings (SSSR count).